The second-order valence-corrected chi connectivity index (χ2v) is 7.73. The quantitative estimate of drug-likeness (QED) is 0.863. The van der Waals surface area contributed by atoms with E-state index in [9.17, 15) is 4.79 Å². The van der Waals surface area contributed by atoms with Gasteiger partial charge in [0.25, 0.3) is 0 Å². The fourth-order valence-electron chi connectivity index (χ4n) is 4.11. The Labute approximate surface area is 130 Å². The number of nitrogens with two attached hydrogens (primary N) is 1. The van der Waals surface area contributed by atoms with Gasteiger partial charge in [-0.1, -0.05) is 13.8 Å². The highest BCUT2D eigenvalue weighted by molar-refractivity contribution is 5.79. The lowest BCUT2D eigenvalue weighted by molar-refractivity contribution is -0.140. The van der Waals surface area contributed by atoms with Crippen LogP contribution in [0.15, 0.2) is 0 Å². The smallest absolute Gasteiger partial charge is 0.226 e. The first-order valence-corrected chi connectivity index (χ1v) is 8.57. The summed E-state index contributed by atoms with van der Waals surface area (Å²) in [5, 5.41) is 0. The third-order valence-corrected chi connectivity index (χ3v) is 5.55. The van der Waals surface area contributed by atoms with Gasteiger partial charge in [0.1, 0.15) is 0 Å². The van der Waals surface area contributed by atoms with Gasteiger partial charge in [-0.15, -0.1) is 0 Å². The van der Waals surface area contributed by atoms with Crippen molar-refractivity contribution in [2.45, 2.75) is 45.6 Å². The van der Waals surface area contributed by atoms with E-state index in [-0.39, 0.29) is 12.0 Å². The van der Waals surface area contributed by atoms with Crippen molar-refractivity contribution in [1.82, 2.24) is 9.80 Å². The Kier molecular flexibility index (Phi) is 5.67. The standard InChI is InChI=1S/C17H33N3O/c1-12-9-13(2)16(18)10-15(12)17(21)20-7-5-14(6-8-20)11-19(3)4/h12-16H,5-11,18H2,1-4H3. The Balaban J connectivity index is 1.87. The van der Waals surface area contributed by atoms with Crippen molar-refractivity contribution in [3.63, 3.8) is 0 Å². The SMILES string of the molecule is CC1CC(C)C(C(=O)N2CCC(CN(C)C)CC2)CC1N. The van der Waals surface area contributed by atoms with Crippen molar-refractivity contribution in [3.05, 3.63) is 0 Å². The van der Waals surface area contributed by atoms with E-state index < -0.39 is 0 Å². The van der Waals surface area contributed by atoms with Crippen molar-refractivity contribution in [3.8, 4) is 0 Å². The number of carbonyl (C=O) groups excluding carboxylic acids is 1. The lowest BCUT2D eigenvalue weighted by atomic mass is 9.72. The van der Waals surface area contributed by atoms with Gasteiger partial charge in [-0.3, -0.25) is 4.79 Å². The van der Waals surface area contributed by atoms with Crippen LogP contribution in [0.2, 0.25) is 0 Å². The molecule has 0 aromatic carbocycles. The van der Waals surface area contributed by atoms with E-state index in [0.29, 0.717) is 17.7 Å². The van der Waals surface area contributed by atoms with Crippen molar-refractivity contribution < 1.29 is 4.79 Å². The zero-order valence-corrected chi connectivity index (χ0v) is 14.2. The minimum absolute atomic E-state index is 0.154. The molecule has 2 N–H and O–H groups in total. The number of nitrogens with zero attached hydrogens (tertiary/aromatic N) is 2. The van der Waals surface area contributed by atoms with Gasteiger partial charge in [0.15, 0.2) is 0 Å². The lowest BCUT2D eigenvalue weighted by Crippen LogP contribution is -2.49. The zero-order valence-electron chi connectivity index (χ0n) is 14.2. The van der Waals surface area contributed by atoms with Gasteiger partial charge in [-0.05, 0) is 57.5 Å². The largest absolute Gasteiger partial charge is 0.342 e. The van der Waals surface area contributed by atoms with Gasteiger partial charge in [0, 0.05) is 31.6 Å². The van der Waals surface area contributed by atoms with Gasteiger partial charge >= 0.3 is 0 Å². The fraction of sp³-hybridized carbons (Fsp3) is 0.941. The molecule has 4 atom stereocenters. The molecule has 1 heterocycles. The molecule has 0 bridgehead atoms. The minimum Gasteiger partial charge on any atom is -0.342 e. The van der Waals surface area contributed by atoms with Crippen LogP contribution in [0.1, 0.15) is 39.5 Å². The molecular formula is C17H33N3O. The van der Waals surface area contributed by atoms with Crippen molar-refractivity contribution in [1.29, 1.82) is 0 Å². The van der Waals surface area contributed by atoms with E-state index in [0.717, 1.165) is 51.2 Å². The monoisotopic (exact) mass is 295 g/mol. The van der Waals surface area contributed by atoms with E-state index in [4.69, 9.17) is 5.73 Å². The Bertz CT molecular complexity index is 350. The van der Waals surface area contributed by atoms with Crippen LogP contribution in [0.4, 0.5) is 0 Å². The lowest BCUT2D eigenvalue weighted by Gasteiger charge is -2.40. The van der Waals surface area contributed by atoms with Gasteiger partial charge in [0.2, 0.25) is 5.91 Å². The Morgan fingerprint density at radius 3 is 2.33 bits per heavy atom. The molecule has 2 aliphatic rings. The van der Waals surface area contributed by atoms with E-state index in [1.54, 1.807) is 0 Å². The van der Waals surface area contributed by atoms with Crippen LogP contribution in [0.3, 0.4) is 0 Å². The molecule has 0 radical (unpaired) electrons. The first-order chi connectivity index (χ1) is 9.88. The summed E-state index contributed by atoms with van der Waals surface area (Å²) < 4.78 is 0. The summed E-state index contributed by atoms with van der Waals surface area (Å²) in [7, 11) is 4.26. The number of hydrogen-bond acceptors (Lipinski definition) is 3. The molecule has 122 valence electrons. The summed E-state index contributed by atoms with van der Waals surface area (Å²) in [5.74, 6) is 2.30. The summed E-state index contributed by atoms with van der Waals surface area (Å²) in [6.45, 7) is 7.46. The molecule has 4 unspecified atom stereocenters. The molecule has 2 rings (SSSR count). The maximum atomic E-state index is 12.8. The van der Waals surface area contributed by atoms with Crippen LogP contribution in [-0.2, 0) is 4.79 Å². The maximum absolute atomic E-state index is 12.8. The normalized spacial score (nSPS) is 35.2. The Morgan fingerprint density at radius 2 is 1.76 bits per heavy atom. The molecule has 0 spiro atoms. The maximum Gasteiger partial charge on any atom is 0.226 e. The average Bonchev–Trinajstić information content (AvgIpc) is 2.42. The number of likely N-dealkylation sites (tertiary alicyclic amines) is 1. The number of carbonyl (C=O) groups is 1. The molecule has 1 aliphatic heterocycles. The number of hydrogen-bond donors (Lipinski definition) is 1. The molecule has 21 heavy (non-hydrogen) atoms. The highest BCUT2D eigenvalue weighted by Gasteiger charge is 2.37. The first kappa shape index (κ1) is 16.8. The molecule has 1 amide bonds. The van der Waals surface area contributed by atoms with Gasteiger partial charge in [-0.2, -0.15) is 0 Å². The predicted octanol–water partition coefficient (Wildman–Crippen LogP) is 1.80. The molecule has 1 aliphatic carbocycles. The fourth-order valence-corrected chi connectivity index (χ4v) is 4.11. The number of piperidine rings is 1. The van der Waals surface area contributed by atoms with Gasteiger partial charge in [0.05, 0.1) is 0 Å². The molecule has 0 aromatic rings. The predicted molar refractivity (Wildman–Crippen MR) is 86.9 cm³/mol. The van der Waals surface area contributed by atoms with Crippen LogP contribution in [-0.4, -0.2) is 55.5 Å². The third-order valence-electron chi connectivity index (χ3n) is 5.55. The highest BCUT2D eigenvalue weighted by atomic mass is 16.2. The van der Waals surface area contributed by atoms with Crippen LogP contribution >= 0.6 is 0 Å². The molecule has 4 nitrogen and oxygen atoms in total. The molecular weight excluding hydrogens is 262 g/mol. The summed E-state index contributed by atoms with van der Waals surface area (Å²) in [5.41, 5.74) is 6.20. The summed E-state index contributed by atoms with van der Waals surface area (Å²) in [4.78, 5) is 17.2. The van der Waals surface area contributed by atoms with E-state index >= 15 is 0 Å². The summed E-state index contributed by atoms with van der Waals surface area (Å²) >= 11 is 0. The summed E-state index contributed by atoms with van der Waals surface area (Å²) in [6.07, 6.45) is 4.26. The van der Waals surface area contributed by atoms with Crippen LogP contribution in [0, 0.1) is 23.7 Å². The van der Waals surface area contributed by atoms with Crippen molar-refractivity contribution >= 4 is 5.91 Å². The van der Waals surface area contributed by atoms with Gasteiger partial charge < -0.3 is 15.5 Å². The van der Waals surface area contributed by atoms with Crippen LogP contribution in [0.5, 0.6) is 0 Å². The minimum atomic E-state index is 0.154. The van der Waals surface area contributed by atoms with E-state index in [1.807, 2.05) is 0 Å². The molecule has 1 saturated carbocycles. The Morgan fingerprint density at radius 1 is 1.14 bits per heavy atom. The molecule has 4 heteroatoms. The van der Waals surface area contributed by atoms with Gasteiger partial charge in [-0.25, -0.2) is 0 Å². The topological polar surface area (TPSA) is 49.6 Å². The average molecular weight is 295 g/mol. The van der Waals surface area contributed by atoms with Crippen LogP contribution in [0.25, 0.3) is 0 Å². The Hall–Kier alpha value is -0.610. The first-order valence-electron chi connectivity index (χ1n) is 8.57. The third kappa shape index (κ3) is 4.19. The molecule has 0 aromatic heterocycles. The highest BCUT2D eigenvalue weighted by Crippen LogP contribution is 2.34. The zero-order chi connectivity index (χ0) is 15.6. The van der Waals surface area contributed by atoms with Crippen molar-refractivity contribution in [2.75, 3.05) is 33.7 Å². The number of amides is 1. The van der Waals surface area contributed by atoms with E-state index in [1.165, 1.54) is 0 Å². The number of rotatable bonds is 3. The second-order valence-electron chi connectivity index (χ2n) is 7.73. The van der Waals surface area contributed by atoms with Crippen molar-refractivity contribution in [2.24, 2.45) is 29.4 Å². The van der Waals surface area contributed by atoms with Crippen LogP contribution < -0.4 is 5.73 Å². The molecule has 2 fully saturated rings. The van der Waals surface area contributed by atoms with E-state index in [2.05, 4.69) is 37.7 Å². The second kappa shape index (κ2) is 7.10. The summed E-state index contributed by atoms with van der Waals surface area (Å²) in [6, 6.07) is 0.196. The molecule has 1 saturated heterocycles.